The standard InChI is InChI=1S/C24H22N2O7/c1-15-13-25(24(31)26(21(15)28)22(29)16-8-4-2-5-9-16)20-12-18(19(14-27)32-20)33-23(30)17-10-6-3-7-11-17/h2-11,13,18-20,27H,12,14H2,1H3/t18-,19+,20+/m0/s1. The Bertz CT molecular complexity index is 1280. The van der Waals surface area contributed by atoms with Gasteiger partial charge in [0.05, 0.1) is 12.2 Å². The third-order valence-electron chi connectivity index (χ3n) is 5.45. The Morgan fingerprint density at radius 3 is 2.24 bits per heavy atom. The van der Waals surface area contributed by atoms with E-state index in [0.717, 1.165) is 4.57 Å². The minimum Gasteiger partial charge on any atom is -0.456 e. The van der Waals surface area contributed by atoms with Crippen LogP contribution in [0.1, 0.15) is 38.9 Å². The minimum absolute atomic E-state index is 0.0564. The number of aliphatic hydroxyl groups excluding tert-OH is 1. The molecule has 1 aliphatic rings. The summed E-state index contributed by atoms with van der Waals surface area (Å²) in [5, 5.41) is 9.73. The number of aromatic nitrogens is 2. The Morgan fingerprint density at radius 1 is 1.03 bits per heavy atom. The lowest BCUT2D eigenvalue weighted by Crippen LogP contribution is -2.45. The number of carbonyl (C=O) groups excluding carboxylic acids is 2. The summed E-state index contributed by atoms with van der Waals surface area (Å²) in [5.74, 6) is -1.34. The molecule has 0 spiro atoms. The van der Waals surface area contributed by atoms with E-state index in [1.165, 1.54) is 25.3 Å². The van der Waals surface area contributed by atoms with Crippen LogP contribution in [0.4, 0.5) is 0 Å². The molecule has 9 nitrogen and oxygen atoms in total. The Balaban J connectivity index is 1.65. The van der Waals surface area contributed by atoms with Crippen molar-refractivity contribution in [2.45, 2.75) is 31.8 Å². The maximum Gasteiger partial charge on any atom is 0.340 e. The van der Waals surface area contributed by atoms with Gasteiger partial charge >= 0.3 is 11.7 Å². The molecule has 1 aliphatic heterocycles. The molecule has 0 radical (unpaired) electrons. The summed E-state index contributed by atoms with van der Waals surface area (Å²) in [7, 11) is 0. The normalized spacial score (nSPS) is 19.9. The predicted octanol–water partition coefficient (Wildman–Crippen LogP) is 1.51. The molecule has 33 heavy (non-hydrogen) atoms. The van der Waals surface area contributed by atoms with Crippen LogP contribution in [0.3, 0.4) is 0 Å². The molecule has 3 atom stereocenters. The number of aliphatic hydroxyl groups is 1. The van der Waals surface area contributed by atoms with Crippen LogP contribution in [-0.2, 0) is 9.47 Å². The molecular weight excluding hydrogens is 428 g/mol. The Morgan fingerprint density at radius 2 is 1.64 bits per heavy atom. The van der Waals surface area contributed by atoms with Crippen molar-refractivity contribution < 1.29 is 24.2 Å². The van der Waals surface area contributed by atoms with Crippen LogP contribution in [0.25, 0.3) is 0 Å². The van der Waals surface area contributed by atoms with Crippen LogP contribution in [-0.4, -0.2) is 44.9 Å². The Labute approximate surface area is 188 Å². The highest BCUT2D eigenvalue weighted by molar-refractivity contribution is 5.95. The molecule has 2 heterocycles. The molecule has 0 saturated carbocycles. The molecule has 0 unspecified atom stereocenters. The van der Waals surface area contributed by atoms with Crippen molar-refractivity contribution in [3.8, 4) is 0 Å². The molecule has 1 N–H and O–H groups in total. The van der Waals surface area contributed by atoms with Gasteiger partial charge in [0.1, 0.15) is 18.4 Å². The lowest BCUT2D eigenvalue weighted by atomic mass is 10.1. The number of carbonyl (C=O) groups is 2. The first-order chi connectivity index (χ1) is 15.9. The molecule has 2 aromatic carbocycles. The molecule has 9 heteroatoms. The van der Waals surface area contributed by atoms with Gasteiger partial charge in [0.2, 0.25) is 0 Å². The summed E-state index contributed by atoms with van der Waals surface area (Å²) < 4.78 is 13.0. The second kappa shape index (κ2) is 9.35. The van der Waals surface area contributed by atoms with Crippen LogP contribution in [0, 0.1) is 6.92 Å². The quantitative estimate of drug-likeness (QED) is 0.586. The zero-order valence-corrected chi connectivity index (χ0v) is 17.8. The van der Waals surface area contributed by atoms with Crippen molar-refractivity contribution in [1.29, 1.82) is 0 Å². The molecule has 0 bridgehead atoms. The summed E-state index contributed by atoms with van der Waals surface area (Å²) in [5.41, 5.74) is -0.922. The first-order valence-electron chi connectivity index (χ1n) is 10.4. The first kappa shape index (κ1) is 22.4. The van der Waals surface area contributed by atoms with Crippen LogP contribution in [0.15, 0.2) is 76.4 Å². The SMILES string of the molecule is Cc1cn([C@H]2C[C@H](OC(=O)c3ccccc3)[C@@H](CO)O2)c(=O)n(C(=O)c2ccccc2)c1=O. The Hall–Kier alpha value is -3.82. The number of nitrogens with zero attached hydrogens (tertiary/aromatic N) is 2. The summed E-state index contributed by atoms with van der Waals surface area (Å²) >= 11 is 0. The topological polar surface area (TPSA) is 117 Å². The van der Waals surface area contributed by atoms with Gasteiger partial charge in [0, 0.05) is 23.7 Å². The van der Waals surface area contributed by atoms with Gasteiger partial charge in [0.25, 0.3) is 11.5 Å². The smallest absolute Gasteiger partial charge is 0.340 e. The molecule has 170 valence electrons. The van der Waals surface area contributed by atoms with E-state index in [1.807, 2.05) is 0 Å². The number of hydrogen-bond donors (Lipinski definition) is 1. The number of benzene rings is 2. The molecule has 3 aromatic rings. The molecule has 1 fully saturated rings. The van der Waals surface area contributed by atoms with Gasteiger partial charge in [-0.25, -0.2) is 9.59 Å². The van der Waals surface area contributed by atoms with Gasteiger partial charge < -0.3 is 14.6 Å². The van der Waals surface area contributed by atoms with Gasteiger partial charge in [-0.05, 0) is 31.2 Å². The summed E-state index contributed by atoms with van der Waals surface area (Å²) in [6.45, 7) is 1.04. The van der Waals surface area contributed by atoms with Gasteiger partial charge in [-0.3, -0.25) is 14.2 Å². The maximum absolute atomic E-state index is 13.1. The van der Waals surface area contributed by atoms with Crippen molar-refractivity contribution >= 4 is 11.9 Å². The van der Waals surface area contributed by atoms with E-state index in [0.29, 0.717) is 10.1 Å². The van der Waals surface area contributed by atoms with Crippen LogP contribution in [0.5, 0.6) is 0 Å². The summed E-state index contributed by atoms with van der Waals surface area (Å²) in [6, 6.07) is 16.3. The molecule has 1 saturated heterocycles. The highest BCUT2D eigenvalue weighted by Gasteiger charge is 2.39. The number of hydrogen-bond acceptors (Lipinski definition) is 7. The molecule has 0 aliphatic carbocycles. The second-order valence-corrected chi connectivity index (χ2v) is 7.67. The van der Waals surface area contributed by atoms with Gasteiger partial charge in [-0.15, -0.1) is 0 Å². The maximum atomic E-state index is 13.1. The number of ether oxygens (including phenoxy) is 2. The Kier molecular flexibility index (Phi) is 6.34. The van der Waals surface area contributed by atoms with E-state index < -0.39 is 48.2 Å². The highest BCUT2D eigenvalue weighted by Crippen LogP contribution is 2.30. The monoisotopic (exact) mass is 450 g/mol. The lowest BCUT2D eigenvalue weighted by molar-refractivity contribution is -0.0524. The average Bonchev–Trinajstić information content (AvgIpc) is 3.25. The average molecular weight is 450 g/mol. The molecular formula is C24H22N2O7. The fourth-order valence-corrected chi connectivity index (χ4v) is 3.73. The highest BCUT2D eigenvalue weighted by atomic mass is 16.6. The van der Waals surface area contributed by atoms with E-state index in [1.54, 1.807) is 48.5 Å². The number of rotatable bonds is 5. The third-order valence-corrected chi connectivity index (χ3v) is 5.45. The van der Waals surface area contributed by atoms with E-state index in [9.17, 15) is 24.3 Å². The van der Waals surface area contributed by atoms with Crippen LogP contribution in [0.2, 0.25) is 0 Å². The van der Waals surface area contributed by atoms with E-state index in [4.69, 9.17) is 9.47 Å². The van der Waals surface area contributed by atoms with Gasteiger partial charge in [-0.1, -0.05) is 36.4 Å². The van der Waals surface area contributed by atoms with Crippen molar-refractivity contribution in [2.75, 3.05) is 6.61 Å². The fourth-order valence-electron chi connectivity index (χ4n) is 3.73. The third kappa shape index (κ3) is 4.41. The van der Waals surface area contributed by atoms with Gasteiger partial charge in [-0.2, -0.15) is 4.57 Å². The van der Waals surface area contributed by atoms with Crippen LogP contribution >= 0.6 is 0 Å². The van der Waals surface area contributed by atoms with E-state index >= 15 is 0 Å². The zero-order valence-electron chi connectivity index (χ0n) is 17.8. The van der Waals surface area contributed by atoms with Crippen molar-refractivity contribution in [3.63, 3.8) is 0 Å². The van der Waals surface area contributed by atoms with Crippen LogP contribution < -0.4 is 11.2 Å². The van der Waals surface area contributed by atoms with E-state index in [2.05, 4.69) is 0 Å². The summed E-state index contributed by atoms with van der Waals surface area (Å²) in [6.07, 6.45) is -1.29. The van der Waals surface area contributed by atoms with Crippen molar-refractivity contribution in [1.82, 2.24) is 9.13 Å². The summed E-state index contributed by atoms with van der Waals surface area (Å²) in [4.78, 5) is 51.1. The number of esters is 1. The minimum atomic E-state index is -0.947. The molecule has 4 rings (SSSR count). The molecule has 0 amide bonds. The van der Waals surface area contributed by atoms with E-state index in [-0.39, 0.29) is 17.5 Å². The van der Waals surface area contributed by atoms with Gasteiger partial charge in [0.15, 0.2) is 0 Å². The number of aryl methyl sites for hydroxylation is 1. The molecule has 1 aromatic heterocycles. The zero-order chi connectivity index (χ0) is 23.5. The lowest BCUT2D eigenvalue weighted by Gasteiger charge is -2.17. The first-order valence-corrected chi connectivity index (χ1v) is 10.4. The predicted molar refractivity (Wildman–Crippen MR) is 117 cm³/mol. The second-order valence-electron chi connectivity index (χ2n) is 7.67. The fraction of sp³-hybridized carbons (Fsp3) is 0.250. The largest absolute Gasteiger partial charge is 0.456 e. The van der Waals surface area contributed by atoms with Crippen molar-refractivity contribution in [2.24, 2.45) is 0 Å². The van der Waals surface area contributed by atoms with Crippen molar-refractivity contribution in [3.05, 3.63) is 104 Å².